The lowest BCUT2D eigenvalue weighted by molar-refractivity contribution is -0.313. The zero-order chi connectivity index (χ0) is 16.5. The first kappa shape index (κ1) is 13.9. The fraction of sp³-hybridized carbons (Fsp3) is 0.412. The highest BCUT2D eigenvalue weighted by molar-refractivity contribution is 5.90. The molecule has 0 radical (unpaired) electrons. The molecule has 7 nitrogen and oxygen atoms in total. The fourth-order valence-electron chi connectivity index (χ4n) is 4.24. The van der Waals surface area contributed by atoms with Crippen LogP contribution in [-0.4, -0.2) is 41.8 Å². The van der Waals surface area contributed by atoms with E-state index >= 15 is 0 Å². The first-order valence-electron chi connectivity index (χ1n) is 7.83. The van der Waals surface area contributed by atoms with Crippen LogP contribution in [0.4, 0.5) is 0 Å². The third-order valence-corrected chi connectivity index (χ3v) is 5.26. The van der Waals surface area contributed by atoms with E-state index in [1.807, 2.05) is 24.3 Å². The van der Waals surface area contributed by atoms with Gasteiger partial charge in [-0.2, -0.15) is 0 Å². The number of rotatable bonds is 3. The van der Waals surface area contributed by atoms with E-state index in [0.717, 1.165) is 5.56 Å². The maximum Gasteiger partial charge on any atom is 0.231 e. The largest absolute Gasteiger partial charge is 0.550 e. The van der Waals surface area contributed by atoms with E-state index < -0.39 is 29.5 Å². The van der Waals surface area contributed by atoms with E-state index in [-0.39, 0.29) is 12.7 Å². The molecule has 1 aromatic carbocycles. The maximum atomic E-state index is 12.8. The van der Waals surface area contributed by atoms with Gasteiger partial charge in [0.15, 0.2) is 11.5 Å². The fourth-order valence-corrected chi connectivity index (χ4v) is 4.24. The van der Waals surface area contributed by atoms with Crippen LogP contribution in [-0.2, 0) is 20.9 Å². The Morgan fingerprint density at radius 1 is 1.33 bits per heavy atom. The van der Waals surface area contributed by atoms with E-state index in [9.17, 15) is 14.7 Å². The topological polar surface area (TPSA) is 88.1 Å². The van der Waals surface area contributed by atoms with Crippen molar-refractivity contribution in [3.63, 3.8) is 0 Å². The standard InChI is InChI=1S/C17H15NO6/c19-15-14-13(16(20)21)11-3-4-17(14,24-11)7-18(15)6-9-1-2-10-12(5-9)23-8-22-10/h1-5,11,13-14H,6-8H2,(H,20,21)/p-1/t11-,13+,14-,17+/m0/s1. The van der Waals surface area contributed by atoms with Crippen molar-refractivity contribution in [3.05, 3.63) is 35.9 Å². The molecule has 7 heteroatoms. The van der Waals surface area contributed by atoms with Crippen LogP contribution in [0.2, 0.25) is 0 Å². The zero-order valence-electron chi connectivity index (χ0n) is 12.6. The lowest BCUT2D eigenvalue weighted by Crippen LogP contribution is -2.45. The Kier molecular flexibility index (Phi) is 2.60. The second-order valence-corrected chi connectivity index (χ2v) is 6.60. The predicted octanol–water partition coefficient (Wildman–Crippen LogP) is -0.553. The summed E-state index contributed by atoms with van der Waals surface area (Å²) in [5.41, 5.74) is 0.0653. The molecule has 0 aliphatic carbocycles. The summed E-state index contributed by atoms with van der Waals surface area (Å²) < 4.78 is 16.5. The Morgan fingerprint density at radius 2 is 2.17 bits per heavy atom. The molecule has 1 amide bonds. The number of carboxylic acid groups (broad SMARTS) is 1. The van der Waals surface area contributed by atoms with Gasteiger partial charge in [0.05, 0.1) is 18.6 Å². The molecule has 1 aromatic rings. The lowest BCUT2D eigenvalue weighted by Gasteiger charge is -2.24. The number of carbonyl (C=O) groups is 2. The van der Waals surface area contributed by atoms with Crippen LogP contribution >= 0.6 is 0 Å². The summed E-state index contributed by atoms with van der Waals surface area (Å²) in [4.78, 5) is 25.9. The molecule has 2 bridgehead atoms. The van der Waals surface area contributed by atoms with Crippen molar-refractivity contribution in [3.8, 4) is 11.5 Å². The van der Waals surface area contributed by atoms with E-state index in [0.29, 0.717) is 24.6 Å². The quantitative estimate of drug-likeness (QED) is 0.692. The third kappa shape index (κ3) is 1.70. The normalized spacial score (nSPS) is 34.9. The highest BCUT2D eigenvalue weighted by atomic mass is 16.7. The molecule has 2 fully saturated rings. The third-order valence-electron chi connectivity index (χ3n) is 5.26. The van der Waals surface area contributed by atoms with Gasteiger partial charge in [-0.3, -0.25) is 4.79 Å². The van der Waals surface area contributed by atoms with Gasteiger partial charge >= 0.3 is 0 Å². The van der Waals surface area contributed by atoms with Crippen molar-refractivity contribution in [2.75, 3.05) is 13.3 Å². The van der Waals surface area contributed by atoms with E-state index in [1.165, 1.54) is 0 Å². The van der Waals surface area contributed by atoms with Crippen LogP contribution in [0.5, 0.6) is 11.5 Å². The van der Waals surface area contributed by atoms with Crippen molar-refractivity contribution >= 4 is 11.9 Å². The number of hydrogen-bond acceptors (Lipinski definition) is 6. The molecule has 4 atom stereocenters. The molecular formula is C17H14NO6-. The van der Waals surface area contributed by atoms with E-state index in [2.05, 4.69) is 0 Å². The van der Waals surface area contributed by atoms with Crippen molar-refractivity contribution in [2.24, 2.45) is 11.8 Å². The van der Waals surface area contributed by atoms with Crippen LogP contribution in [0.25, 0.3) is 0 Å². The van der Waals surface area contributed by atoms with Crippen LogP contribution < -0.4 is 14.6 Å². The maximum absolute atomic E-state index is 12.8. The Balaban J connectivity index is 1.42. The van der Waals surface area contributed by atoms with Crippen molar-refractivity contribution < 1.29 is 28.9 Å². The number of amides is 1. The second-order valence-electron chi connectivity index (χ2n) is 6.60. The molecule has 5 rings (SSSR count). The molecule has 24 heavy (non-hydrogen) atoms. The van der Waals surface area contributed by atoms with Gasteiger partial charge < -0.3 is 29.0 Å². The average molecular weight is 328 g/mol. The number of benzene rings is 1. The van der Waals surface area contributed by atoms with Crippen LogP contribution in [0, 0.1) is 11.8 Å². The van der Waals surface area contributed by atoms with E-state index in [4.69, 9.17) is 14.2 Å². The zero-order valence-corrected chi connectivity index (χ0v) is 12.6. The Morgan fingerprint density at radius 3 is 3.00 bits per heavy atom. The summed E-state index contributed by atoms with van der Waals surface area (Å²) in [6, 6.07) is 5.52. The van der Waals surface area contributed by atoms with Crippen molar-refractivity contribution in [2.45, 2.75) is 18.2 Å². The van der Waals surface area contributed by atoms with Gasteiger partial charge in [-0.05, 0) is 17.7 Å². The van der Waals surface area contributed by atoms with Gasteiger partial charge in [0, 0.05) is 18.4 Å². The number of nitrogens with zero attached hydrogens (tertiary/aromatic N) is 1. The lowest BCUT2D eigenvalue weighted by atomic mass is 9.77. The van der Waals surface area contributed by atoms with Crippen molar-refractivity contribution in [1.29, 1.82) is 0 Å². The molecule has 1 spiro atoms. The predicted molar refractivity (Wildman–Crippen MR) is 76.7 cm³/mol. The summed E-state index contributed by atoms with van der Waals surface area (Å²) in [7, 11) is 0. The highest BCUT2D eigenvalue weighted by Crippen LogP contribution is 2.51. The van der Waals surface area contributed by atoms with Gasteiger partial charge in [0.25, 0.3) is 0 Å². The van der Waals surface area contributed by atoms with E-state index in [1.54, 1.807) is 11.0 Å². The van der Waals surface area contributed by atoms with Gasteiger partial charge in [-0.25, -0.2) is 0 Å². The molecule has 124 valence electrons. The SMILES string of the molecule is O=C([O-])[C@@H]1[C@@H]2C=C[C@]3(CN(Cc4ccc5c(c4)OCO5)C(=O)[C@H]13)O2. The molecule has 4 aliphatic heterocycles. The number of hydrogen-bond donors (Lipinski definition) is 0. The summed E-state index contributed by atoms with van der Waals surface area (Å²) in [6.45, 7) is 0.914. The summed E-state index contributed by atoms with van der Waals surface area (Å²) in [6.07, 6.45) is 3.00. The number of aliphatic carboxylic acids is 1. The van der Waals surface area contributed by atoms with Gasteiger partial charge in [0.2, 0.25) is 12.7 Å². The monoisotopic (exact) mass is 328 g/mol. The van der Waals surface area contributed by atoms with Crippen LogP contribution in [0.1, 0.15) is 5.56 Å². The average Bonchev–Trinajstić information content (AvgIpc) is 3.28. The first-order valence-corrected chi connectivity index (χ1v) is 7.83. The summed E-state index contributed by atoms with van der Waals surface area (Å²) >= 11 is 0. The van der Waals surface area contributed by atoms with Gasteiger partial charge in [0.1, 0.15) is 5.60 Å². The molecular weight excluding hydrogens is 314 g/mol. The molecule has 0 N–H and O–H groups in total. The van der Waals surface area contributed by atoms with Crippen LogP contribution in [0.3, 0.4) is 0 Å². The Labute approximate surface area is 137 Å². The minimum absolute atomic E-state index is 0.194. The Hall–Kier alpha value is -2.54. The number of likely N-dealkylation sites (tertiary alicyclic amines) is 1. The molecule has 4 aliphatic rings. The summed E-state index contributed by atoms with van der Waals surface area (Å²) in [5, 5.41) is 11.4. The second kappa shape index (κ2) is 4.51. The van der Waals surface area contributed by atoms with Gasteiger partial charge in [-0.1, -0.05) is 18.2 Å². The molecule has 0 saturated carbocycles. The van der Waals surface area contributed by atoms with Gasteiger partial charge in [-0.15, -0.1) is 0 Å². The minimum atomic E-state index is -1.23. The molecule has 2 saturated heterocycles. The smallest absolute Gasteiger partial charge is 0.231 e. The van der Waals surface area contributed by atoms with Crippen LogP contribution in [0.15, 0.2) is 30.4 Å². The number of ether oxygens (including phenoxy) is 3. The molecule has 0 unspecified atom stereocenters. The number of carbonyl (C=O) groups excluding carboxylic acids is 2. The Bertz CT molecular complexity index is 789. The number of carboxylic acids is 1. The first-order chi connectivity index (χ1) is 11.6. The molecule has 0 aromatic heterocycles. The number of fused-ring (bicyclic) bond motifs is 2. The minimum Gasteiger partial charge on any atom is -0.550 e. The highest BCUT2D eigenvalue weighted by Gasteiger charge is 2.65. The summed E-state index contributed by atoms with van der Waals surface area (Å²) in [5.74, 6) is -1.70. The van der Waals surface area contributed by atoms with Crippen molar-refractivity contribution in [1.82, 2.24) is 4.90 Å². The molecule has 4 heterocycles.